The number of aromatic nitrogens is 2. The molecule has 1 aliphatic heterocycles. The Hall–Kier alpha value is -2.79. The van der Waals surface area contributed by atoms with Crippen LogP contribution in [0.1, 0.15) is 11.1 Å². The van der Waals surface area contributed by atoms with Crippen molar-refractivity contribution in [3.63, 3.8) is 0 Å². The minimum absolute atomic E-state index is 0.190. The van der Waals surface area contributed by atoms with Crippen molar-refractivity contribution in [2.45, 2.75) is 13.0 Å². The van der Waals surface area contributed by atoms with Crippen LogP contribution in [0.4, 0.5) is 5.69 Å². The van der Waals surface area contributed by atoms with E-state index in [1.807, 2.05) is 42.5 Å². The standard InChI is InChI=1S/C20H18ClN3O2/c1-26-17-8-7-14-9-10-23(13-15(14)11-17)18-12-22-24(20(25)19(18)21)16-5-3-2-4-6-16/h2-8,11-12H,9-10,13H2,1H3. The lowest BCUT2D eigenvalue weighted by Crippen LogP contribution is -2.33. The molecule has 3 aromatic rings. The smallest absolute Gasteiger partial charge is 0.292 e. The summed E-state index contributed by atoms with van der Waals surface area (Å²) in [6, 6.07) is 15.4. The van der Waals surface area contributed by atoms with Crippen LogP contribution in [0.15, 0.2) is 59.5 Å². The van der Waals surface area contributed by atoms with E-state index in [0.717, 1.165) is 18.7 Å². The van der Waals surface area contributed by atoms with Gasteiger partial charge >= 0.3 is 0 Å². The maximum absolute atomic E-state index is 12.7. The molecule has 0 bridgehead atoms. The highest BCUT2D eigenvalue weighted by atomic mass is 35.5. The summed E-state index contributed by atoms with van der Waals surface area (Å²) in [6.07, 6.45) is 2.55. The van der Waals surface area contributed by atoms with Gasteiger partial charge in [0.1, 0.15) is 10.8 Å². The topological polar surface area (TPSA) is 47.4 Å². The summed E-state index contributed by atoms with van der Waals surface area (Å²) in [5, 5.41) is 4.52. The Labute approximate surface area is 156 Å². The molecule has 0 amide bonds. The van der Waals surface area contributed by atoms with Crippen LogP contribution in [0.2, 0.25) is 5.02 Å². The minimum atomic E-state index is -0.313. The summed E-state index contributed by atoms with van der Waals surface area (Å²) in [7, 11) is 1.66. The van der Waals surface area contributed by atoms with Crippen molar-refractivity contribution in [3.05, 3.63) is 81.2 Å². The molecule has 5 nitrogen and oxygen atoms in total. The third kappa shape index (κ3) is 2.95. The average Bonchev–Trinajstić information content (AvgIpc) is 2.69. The molecule has 0 saturated carbocycles. The number of hydrogen-bond acceptors (Lipinski definition) is 4. The number of ether oxygens (including phenoxy) is 1. The van der Waals surface area contributed by atoms with Gasteiger partial charge in [0, 0.05) is 13.1 Å². The first kappa shape index (κ1) is 16.7. The molecule has 6 heteroatoms. The van der Waals surface area contributed by atoms with Gasteiger partial charge in [-0.2, -0.15) is 9.78 Å². The molecule has 0 unspecified atom stereocenters. The normalized spacial score (nSPS) is 13.4. The van der Waals surface area contributed by atoms with Gasteiger partial charge < -0.3 is 9.64 Å². The van der Waals surface area contributed by atoms with Crippen LogP contribution >= 0.6 is 11.6 Å². The van der Waals surface area contributed by atoms with Crippen molar-refractivity contribution in [1.29, 1.82) is 0 Å². The summed E-state index contributed by atoms with van der Waals surface area (Å²) in [4.78, 5) is 14.8. The number of benzene rings is 2. The lowest BCUT2D eigenvalue weighted by atomic mass is 9.99. The zero-order valence-corrected chi connectivity index (χ0v) is 15.1. The van der Waals surface area contributed by atoms with E-state index in [2.05, 4.69) is 16.1 Å². The van der Waals surface area contributed by atoms with Crippen LogP contribution in [-0.2, 0) is 13.0 Å². The Morgan fingerprint density at radius 3 is 2.69 bits per heavy atom. The molecule has 132 valence electrons. The number of methoxy groups -OCH3 is 1. The van der Waals surface area contributed by atoms with Gasteiger partial charge in [0.25, 0.3) is 5.56 Å². The molecule has 2 aromatic carbocycles. The fraction of sp³-hybridized carbons (Fsp3) is 0.200. The molecule has 0 fully saturated rings. The second-order valence-electron chi connectivity index (χ2n) is 6.20. The molecule has 2 heterocycles. The number of anilines is 1. The third-order valence-corrected chi connectivity index (χ3v) is 5.02. The summed E-state index contributed by atoms with van der Waals surface area (Å²) in [5.74, 6) is 0.828. The minimum Gasteiger partial charge on any atom is -0.497 e. The molecular weight excluding hydrogens is 350 g/mol. The average molecular weight is 368 g/mol. The van der Waals surface area contributed by atoms with Gasteiger partial charge in [-0.1, -0.05) is 35.9 Å². The predicted molar refractivity (Wildman–Crippen MR) is 103 cm³/mol. The largest absolute Gasteiger partial charge is 0.497 e. The molecule has 0 spiro atoms. The first-order valence-corrected chi connectivity index (χ1v) is 8.79. The first-order chi connectivity index (χ1) is 12.7. The predicted octanol–water partition coefficient (Wildman–Crippen LogP) is 3.46. The number of nitrogens with zero attached hydrogens (tertiary/aromatic N) is 3. The van der Waals surface area contributed by atoms with Crippen molar-refractivity contribution < 1.29 is 4.74 Å². The van der Waals surface area contributed by atoms with E-state index in [1.54, 1.807) is 13.3 Å². The van der Waals surface area contributed by atoms with E-state index in [-0.39, 0.29) is 10.6 Å². The molecular formula is C20H18ClN3O2. The molecule has 1 aromatic heterocycles. The van der Waals surface area contributed by atoms with Gasteiger partial charge in [-0.3, -0.25) is 4.79 Å². The fourth-order valence-corrected chi connectivity index (χ4v) is 3.51. The van der Waals surface area contributed by atoms with E-state index in [9.17, 15) is 4.79 Å². The highest BCUT2D eigenvalue weighted by molar-refractivity contribution is 6.33. The van der Waals surface area contributed by atoms with Crippen LogP contribution in [0, 0.1) is 0 Å². The molecule has 26 heavy (non-hydrogen) atoms. The van der Waals surface area contributed by atoms with Gasteiger partial charge in [-0.05, 0) is 41.8 Å². The maximum atomic E-state index is 12.7. The van der Waals surface area contributed by atoms with Gasteiger partial charge in [-0.25, -0.2) is 0 Å². The van der Waals surface area contributed by atoms with Crippen molar-refractivity contribution >= 4 is 17.3 Å². The van der Waals surface area contributed by atoms with Crippen LogP contribution in [0.5, 0.6) is 5.75 Å². The van der Waals surface area contributed by atoms with Gasteiger partial charge in [0.15, 0.2) is 0 Å². The van der Waals surface area contributed by atoms with Crippen LogP contribution in [0.25, 0.3) is 5.69 Å². The summed E-state index contributed by atoms with van der Waals surface area (Å²) >= 11 is 6.43. The van der Waals surface area contributed by atoms with Gasteiger partial charge in [0.05, 0.1) is 24.7 Å². The SMILES string of the molecule is COc1ccc2c(c1)CN(c1cnn(-c3ccccc3)c(=O)c1Cl)CC2. The van der Waals surface area contributed by atoms with Crippen molar-refractivity contribution in [2.75, 3.05) is 18.6 Å². The Balaban J connectivity index is 1.69. The van der Waals surface area contributed by atoms with Crippen LogP contribution in [-0.4, -0.2) is 23.4 Å². The van der Waals surface area contributed by atoms with Gasteiger partial charge in [0.2, 0.25) is 0 Å². The Bertz CT molecular complexity index is 1000. The van der Waals surface area contributed by atoms with Crippen LogP contribution in [0.3, 0.4) is 0 Å². The van der Waals surface area contributed by atoms with E-state index in [0.29, 0.717) is 17.9 Å². The summed E-state index contributed by atoms with van der Waals surface area (Å²) in [5.41, 5.74) is 3.52. The number of fused-ring (bicyclic) bond motifs is 1. The molecule has 0 saturated heterocycles. The molecule has 4 rings (SSSR count). The van der Waals surface area contributed by atoms with Crippen molar-refractivity contribution in [3.8, 4) is 11.4 Å². The number of para-hydroxylation sites is 1. The molecule has 0 N–H and O–H groups in total. The van der Waals surface area contributed by atoms with E-state index in [4.69, 9.17) is 16.3 Å². The second-order valence-corrected chi connectivity index (χ2v) is 6.58. The van der Waals surface area contributed by atoms with Crippen LogP contribution < -0.4 is 15.2 Å². The quantitative estimate of drug-likeness (QED) is 0.711. The van der Waals surface area contributed by atoms with Gasteiger partial charge in [-0.15, -0.1) is 0 Å². The lowest BCUT2D eigenvalue weighted by molar-refractivity contribution is 0.413. The zero-order valence-electron chi connectivity index (χ0n) is 14.4. The number of hydrogen-bond donors (Lipinski definition) is 0. The molecule has 1 aliphatic rings. The zero-order chi connectivity index (χ0) is 18.1. The molecule has 0 aliphatic carbocycles. The second kappa shape index (κ2) is 6.84. The Morgan fingerprint density at radius 2 is 1.92 bits per heavy atom. The lowest BCUT2D eigenvalue weighted by Gasteiger charge is -2.31. The van der Waals surface area contributed by atoms with E-state index in [1.165, 1.54) is 15.8 Å². The highest BCUT2D eigenvalue weighted by Gasteiger charge is 2.21. The maximum Gasteiger partial charge on any atom is 0.292 e. The summed E-state index contributed by atoms with van der Waals surface area (Å²) in [6.45, 7) is 1.46. The molecule has 0 atom stereocenters. The monoisotopic (exact) mass is 367 g/mol. The highest BCUT2D eigenvalue weighted by Crippen LogP contribution is 2.29. The first-order valence-electron chi connectivity index (χ1n) is 8.41. The van der Waals surface area contributed by atoms with Crippen molar-refractivity contribution in [2.24, 2.45) is 0 Å². The Kier molecular flexibility index (Phi) is 4.39. The van der Waals surface area contributed by atoms with E-state index < -0.39 is 0 Å². The van der Waals surface area contributed by atoms with E-state index >= 15 is 0 Å². The van der Waals surface area contributed by atoms with Crippen molar-refractivity contribution in [1.82, 2.24) is 9.78 Å². The Morgan fingerprint density at radius 1 is 1.12 bits per heavy atom. The fourth-order valence-electron chi connectivity index (χ4n) is 3.26. The number of rotatable bonds is 3. The number of halogens is 1. The molecule has 0 radical (unpaired) electrons. The third-order valence-electron chi connectivity index (χ3n) is 4.67. The summed E-state index contributed by atoms with van der Waals surface area (Å²) < 4.78 is 6.64.